The summed E-state index contributed by atoms with van der Waals surface area (Å²) in [6, 6.07) is 13.3. The predicted molar refractivity (Wildman–Crippen MR) is 114 cm³/mol. The third kappa shape index (κ3) is 3.68. The Hall–Kier alpha value is -2.64. The summed E-state index contributed by atoms with van der Waals surface area (Å²) in [5, 5.41) is 9.49. The number of benzene rings is 2. The van der Waals surface area contributed by atoms with E-state index >= 15 is 0 Å². The van der Waals surface area contributed by atoms with Crippen LogP contribution in [-0.4, -0.2) is 27.3 Å². The molecule has 0 radical (unpaired) electrons. The molecule has 4 rings (SSSR count). The van der Waals surface area contributed by atoms with E-state index in [4.69, 9.17) is 16.3 Å². The van der Waals surface area contributed by atoms with Crippen LogP contribution in [0.1, 0.15) is 31.2 Å². The predicted octanol–water partition coefficient (Wildman–Crippen LogP) is 4.92. The molecular formula is C21H19ClN4O2S. The molecule has 0 bridgehead atoms. The van der Waals surface area contributed by atoms with Crippen molar-refractivity contribution in [3.05, 3.63) is 58.6 Å². The van der Waals surface area contributed by atoms with Crippen molar-refractivity contribution in [2.75, 3.05) is 11.2 Å². The Morgan fingerprint density at radius 2 is 1.97 bits per heavy atom. The van der Waals surface area contributed by atoms with Gasteiger partial charge in [-0.15, -0.1) is 10.2 Å². The van der Waals surface area contributed by atoms with Crippen LogP contribution in [0.2, 0.25) is 5.02 Å². The SMILES string of the molecule is CCc1ccc([C@H]2Oc3nc(SC)nnc3-c3cc(Cl)ccc3N2C(C)=O)cc1. The Balaban J connectivity index is 1.95. The van der Waals surface area contributed by atoms with Crippen LogP contribution < -0.4 is 9.64 Å². The van der Waals surface area contributed by atoms with Crippen molar-refractivity contribution in [1.29, 1.82) is 0 Å². The van der Waals surface area contributed by atoms with Gasteiger partial charge in [0.2, 0.25) is 23.2 Å². The first kappa shape index (κ1) is 19.7. The largest absolute Gasteiger partial charge is 0.447 e. The standard InChI is InChI=1S/C21H19ClN4O2S/c1-4-13-5-7-14(8-6-13)20-26(12(2)27)17-10-9-15(22)11-16(17)18-19(28-20)23-21(29-3)25-24-18/h5-11,20H,4H2,1-3H3/t20-/m1/s1. The molecule has 1 aliphatic rings. The maximum atomic E-state index is 12.7. The summed E-state index contributed by atoms with van der Waals surface area (Å²) < 4.78 is 6.29. The van der Waals surface area contributed by atoms with Gasteiger partial charge in [0.25, 0.3) is 0 Å². The van der Waals surface area contributed by atoms with Crippen molar-refractivity contribution in [3.63, 3.8) is 0 Å². The normalized spacial score (nSPS) is 15.2. The summed E-state index contributed by atoms with van der Waals surface area (Å²) in [6.07, 6.45) is 2.11. The van der Waals surface area contributed by atoms with Gasteiger partial charge < -0.3 is 4.74 Å². The average molecular weight is 427 g/mol. The van der Waals surface area contributed by atoms with E-state index in [1.165, 1.54) is 24.2 Å². The Bertz CT molecular complexity index is 1070. The fourth-order valence-electron chi connectivity index (χ4n) is 3.30. The maximum absolute atomic E-state index is 12.7. The average Bonchev–Trinajstić information content (AvgIpc) is 2.87. The summed E-state index contributed by atoms with van der Waals surface area (Å²) in [5.41, 5.74) is 3.81. The molecule has 0 N–H and O–H groups in total. The highest BCUT2D eigenvalue weighted by molar-refractivity contribution is 7.98. The zero-order valence-electron chi connectivity index (χ0n) is 16.2. The second kappa shape index (κ2) is 8.00. The summed E-state index contributed by atoms with van der Waals surface area (Å²) >= 11 is 7.62. The van der Waals surface area contributed by atoms with Gasteiger partial charge in [-0.25, -0.2) is 0 Å². The van der Waals surface area contributed by atoms with Gasteiger partial charge in [0.15, 0.2) is 5.69 Å². The Morgan fingerprint density at radius 1 is 1.21 bits per heavy atom. The number of hydrogen-bond acceptors (Lipinski definition) is 6. The van der Waals surface area contributed by atoms with Crippen LogP contribution in [0.4, 0.5) is 5.69 Å². The lowest BCUT2D eigenvalue weighted by Crippen LogP contribution is -2.36. The second-order valence-electron chi connectivity index (χ2n) is 6.57. The molecule has 8 heteroatoms. The molecule has 29 heavy (non-hydrogen) atoms. The first-order valence-corrected chi connectivity index (χ1v) is 10.8. The quantitative estimate of drug-likeness (QED) is 0.553. The van der Waals surface area contributed by atoms with Crippen LogP contribution in [0, 0.1) is 0 Å². The van der Waals surface area contributed by atoms with Crippen molar-refractivity contribution >= 4 is 35.0 Å². The Morgan fingerprint density at radius 3 is 2.62 bits per heavy atom. The maximum Gasteiger partial charge on any atom is 0.247 e. The minimum atomic E-state index is -0.689. The molecule has 0 fully saturated rings. The number of nitrogens with zero attached hydrogens (tertiary/aromatic N) is 4. The van der Waals surface area contributed by atoms with E-state index in [2.05, 4.69) is 22.1 Å². The highest BCUT2D eigenvalue weighted by Gasteiger charge is 2.34. The highest BCUT2D eigenvalue weighted by atomic mass is 35.5. The van der Waals surface area contributed by atoms with E-state index in [1.807, 2.05) is 30.5 Å². The van der Waals surface area contributed by atoms with E-state index in [0.717, 1.165) is 12.0 Å². The second-order valence-corrected chi connectivity index (χ2v) is 7.78. The summed E-state index contributed by atoms with van der Waals surface area (Å²) in [7, 11) is 0. The topological polar surface area (TPSA) is 68.2 Å². The third-order valence-corrected chi connectivity index (χ3v) is 5.53. The van der Waals surface area contributed by atoms with E-state index in [0.29, 0.717) is 33.0 Å². The molecular weight excluding hydrogens is 408 g/mol. The van der Waals surface area contributed by atoms with Crippen molar-refractivity contribution in [2.24, 2.45) is 0 Å². The third-order valence-electron chi connectivity index (χ3n) is 4.76. The fourth-order valence-corrected chi connectivity index (χ4v) is 3.77. The van der Waals surface area contributed by atoms with Gasteiger partial charge in [0.05, 0.1) is 5.69 Å². The molecule has 1 aromatic heterocycles. The van der Waals surface area contributed by atoms with Crippen molar-refractivity contribution in [1.82, 2.24) is 15.2 Å². The minimum absolute atomic E-state index is 0.163. The summed E-state index contributed by atoms with van der Waals surface area (Å²) in [5.74, 6) is 0.158. The number of aromatic nitrogens is 3. The van der Waals surface area contributed by atoms with Gasteiger partial charge in [0, 0.05) is 23.1 Å². The van der Waals surface area contributed by atoms with Gasteiger partial charge in [0.1, 0.15) is 0 Å². The van der Waals surface area contributed by atoms with Crippen molar-refractivity contribution < 1.29 is 9.53 Å². The van der Waals surface area contributed by atoms with E-state index in [9.17, 15) is 4.79 Å². The monoisotopic (exact) mass is 426 g/mol. The lowest BCUT2D eigenvalue weighted by molar-refractivity contribution is -0.118. The lowest BCUT2D eigenvalue weighted by atomic mass is 10.1. The van der Waals surface area contributed by atoms with Crippen LogP contribution in [-0.2, 0) is 11.2 Å². The van der Waals surface area contributed by atoms with Gasteiger partial charge in [-0.2, -0.15) is 4.98 Å². The van der Waals surface area contributed by atoms with Crippen LogP contribution in [0.3, 0.4) is 0 Å². The zero-order chi connectivity index (χ0) is 20.5. The molecule has 1 atom stereocenters. The fraction of sp³-hybridized carbons (Fsp3) is 0.238. The van der Waals surface area contributed by atoms with Gasteiger partial charge in [-0.3, -0.25) is 9.69 Å². The number of rotatable bonds is 3. The number of ether oxygens (including phenoxy) is 1. The molecule has 1 aliphatic heterocycles. The molecule has 6 nitrogen and oxygen atoms in total. The van der Waals surface area contributed by atoms with Crippen LogP contribution in [0.15, 0.2) is 47.6 Å². The number of amides is 1. The molecule has 0 saturated carbocycles. The summed E-state index contributed by atoms with van der Waals surface area (Å²) in [4.78, 5) is 18.8. The Labute approximate surface area is 178 Å². The number of carbonyl (C=O) groups is 1. The molecule has 0 saturated heterocycles. The van der Waals surface area contributed by atoms with Crippen molar-refractivity contribution in [2.45, 2.75) is 31.7 Å². The van der Waals surface area contributed by atoms with Crippen molar-refractivity contribution in [3.8, 4) is 17.1 Å². The van der Waals surface area contributed by atoms with Crippen LogP contribution in [0.25, 0.3) is 11.3 Å². The molecule has 0 unspecified atom stereocenters. The van der Waals surface area contributed by atoms with E-state index < -0.39 is 6.23 Å². The molecule has 2 aromatic carbocycles. The number of aryl methyl sites for hydroxylation is 1. The van der Waals surface area contributed by atoms with E-state index in [-0.39, 0.29) is 5.91 Å². The molecule has 3 aromatic rings. The van der Waals surface area contributed by atoms with Gasteiger partial charge in [-0.1, -0.05) is 54.6 Å². The first-order chi connectivity index (χ1) is 14.0. The number of hydrogen-bond donors (Lipinski definition) is 0. The highest BCUT2D eigenvalue weighted by Crippen LogP contribution is 2.44. The summed E-state index contributed by atoms with van der Waals surface area (Å²) in [6.45, 7) is 3.61. The molecule has 0 spiro atoms. The number of anilines is 1. The smallest absolute Gasteiger partial charge is 0.247 e. The number of carbonyl (C=O) groups excluding carboxylic acids is 1. The van der Waals surface area contributed by atoms with E-state index in [1.54, 1.807) is 23.1 Å². The molecule has 148 valence electrons. The molecule has 0 aliphatic carbocycles. The van der Waals surface area contributed by atoms with Crippen LogP contribution in [0.5, 0.6) is 5.88 Å². The lowest BCUT2D eigenvalue weighted by Gasteiger charge is -2.30. The van der Waals surface area contributed by atoms with Gasteiger partial charge >= 0.3 is 0 Å². The molecule has 1 amide bonds. The first-order valence-electron chi connectivity index (χ1n) is 9.15. The number of fused-ring (bicyclic) bond motifs is 3. The van der Waals surface area contributed by atoms with Crippen LogP contribution >= 0.6 is 23.4 Å². The number of thioether (sulfide) groups is 1. The number of halogens is 1. The zero-order valence-corrected chi connectivity index (χ0v) is 17.8. The minimum Gasteiger partial charge on any atom is -0.447 e. The van der Waals surface area contributed by atoms with Gasteiger partial charge in [-0.05, 0) is 36.4 Å². The molecule has 2 heterocycles. The Kier molecular flexibility index (Phi) is 5.43.